The van der Waals surface area contributed by atoms with Gasteiger partial charge >= 0.3 is 5.82 Å². The fourth-order valence-electron chi connectivity index (χ4n) is 2.26. The van der Waals surface area contributed by atoms with Gasteiger partial charge in [0, 0.05) is 12.6 Å². The van der Waals surface area contributed by atoms with Gasteiger partial charge in [-0.3, -0.25) is 0 Å². The number of benzene rings is 1. The number of rotatable bonds is 7. The van der Waals surface area contributed by atoms with E-state index in [2.05, 4.69) is 10.3 Å². The average Bonchev–Trinajstić information content (AvgIpc) is 2.94. The maximum Gasteiger partial charge on any atom is 0.372 e. The predicted octanol–water partition coefficient (Wildman–Crippen LogP) is 3.12. The molecule has 1 N–H and O–H groups in total. The monoisotopic (exact) mass is 312 g/mol. The summed E-state index contributed by atoms with van der Waals surface area (Å²) in [5, 5.41) is 14.3. The molecule has 0 bridgehead atoms. The van der Waals surface area contributed by atoms with Crippen molar-refractivity contribution in [3.05, 3.63) is 64.8 Å². The number of anilines is 1. The number of fused-ring (bicyclic) bond motifs is 1. The highest BCUT2D eigenvalue weighted by Gasteiger charge is 2.21. The van der Waals surface area contributed by atoms with Crippen LogP contribution in [0.15, 0.2) is 54.7 Å². The minimum absolute atomic E-state index is 0.0513. The summed E-state index contributed by atoms with van der Waals surface area (Å²) in [7, 11) is 0. The number of pyridine rings is 1. The van der Waals surface area contributed by atoms with Gasteiger partial charge in [-0.05, 0) is 29.5 Å². The molecular weight excluding hydrogens is 296 g/mol. The van der Waals surface area contributed by atoms with Crippen molar-refractivity contribution in [2.75, 3.05) is 18.5 Å². The van der Waals surface area contributed by atoms with Crippen LogP contribution >= 0.6 is 0 Å². The van der Waals surface area contributed by atoms with E-state index >= 15 is 0 Å². The van der Waals surface area contributed by atoms with Crippen LogP contribution in [0.4, 0.5) is 11.6 Å². The summed E-state index contributed by atoms with van der Waals surface area (Å²) in [6, 6.07) is 14.8. The smallest absolute Gasteiger partial charge is 0.372 e. The normalized spacial score (nSPS) is 10.6. The van der Waals surface area contributed by atoms with E-state index in [-0.39, 0.29) is 11.6 Å². The fourth-order valence-corrected chi connectivity index (χ4v) is 2.26. The first-order chi connectivity index (χ1) is 11.3. The molecule has 0 atom stereocenters. The largest absolute Gasteiger partial charge is 0.494 e. The molecular formula is C16H16N4O3. The minimum atomic E-state index is -0.428. The first-order valence-corrected chi connectivity index (χ1v) is 7.29. The van der Waals surface area contributed by atoms with Gasteiger partial charge in [0.25, 0.3) is 0 Å². The lowest BCUT2D eigenvalue weighted by atomic mass is 10.3. The second kappa shape index (κ2) is 6.78. The van der Waals surface area contributed by atoms with E-state index in [0.717, 1.165) is 5.75 Å². The van der Waals surface area contributed by atoms with Crippen LogP contribution < -0.4 is 10.1 Å². The molecule has 23 heavy (non-hydrogen) atoms. The number of nitro groups is 1. The molecule has 1 aromatic carbocycles. The number of nitrogens with one attached hydrogen (secondary N) is 1. The Balaban J connectivity index is 1.59. The molecule has 0 unspecified atom stereocenters. The molecule has 3 rings (SSSR count). The van der Waals surface area contributed by atoms with Crippen LogP contribution in [0.2, 0.25) is 0 Å². The van der Waals surface area contributed by atoms with Crippen LogP contribution in [0.5, 0.6) is 5.75 Å². The third-order valence-corrected chi connectivity index (χ3v) is 3.30. The second-order valence-corrected chi connectivity index (χ2v) is 4.91. The molecule has 3 aromatic rings. The first kappa shape index (κ1) is 14.8. The lowest BCUT2D eigenvalue weighted by Gasteiger charge is -2.06. The predicted molar refractivity (Wildman–Crippen MR) is 86.9 cm³/mol. The number of nitrogens with zero attached hydrogens (tertiary/aromatic N) is 3. The Labute approximate surface area is 132 Å². The highest BCUT2D eigenvalue weighted by atomic mass is 16.6. The summed E-state index contributed by atoms with van der Waals surface area (Å²) < 4.78 is 7.04. The van der Waals surface area contributed by atoms with Crippen molar-refractivity contribution in [3.8, 4) is 5.75 Å². The Kier molecular flexibility index (Phi) is 4.37. The van der Waals surface area contributed by atoms with Gasteiger partial charge in [0.05, 0.1) is 12.8 Å². The summed E-state index contributed by atoms with van der Waals surface area (Å²) in [5.74, 6) is 1.04. The lowest BCUT2D eigenvalue weighted by Crippen LogP contribution is -2.09. The van der Waals surface area contributed by atoms with E-state index in [0.29, 0.717) is 25.2 Å². The van der Waals surface area contributed by atoms with Crippen LogP contribution in [0, 0.1) is 10.1 Å². The third kappa shape index (κ3) is 3.39. The molecule has 7 heteroatoms. The maximum atomic E-state index is 11.3. The maximum absolute atomic E-state index is 11.3. The topological polar surface area (TPSA) is 81.7 Å². The molecule has 0 aliphatic rings. The van der Waals surface area contributed by atoms with Crippen molar-refractivity contribution in [3.63, 3.8) is 0 Å². The molecule has 0 fully saturated rings. The molecule has 2 heterocycles. The Hall–Kier alpha value is -3.09. The van der Waals surface area contributed by atoms with Crippen LogP contribution in [0.3, 0.4) is 0 Å². The zero-order valence-corrected chi connectivity index (χ0v) is 12.4. The lowest BCUT2D eigenvalue weighted by molar-refractivity contribution is -0.389. The van der Waals surface area contributed by atoms with Crippen molar-refractivity contribution in [1.29, 1.82) is 0 Å². The Bertz CT molecular complexity index is 801. The molecule has 118 valence electrons. The quantitative estimate of drug-likeness (QED) is 0.412. The highest BCUT2D eigenvalue weighted by Crippen LogP contribution is 2.25. The Morgan fingerprint density at radius 3 is 2.74 bits per heavy atom. The van der Waals surface area contributed by atoms with Gasteiger partial charge in [0.15, 0.2) is 0 Å². The van der Waals surface area contributed by atoms with Gasteiger partial charge in [-0.25, -0.2) is 0 Å². The number of para-hydroxylation sites is 1. The number of hydrogen-bond donors (Lipinski definition) is 1. The third-order valence-electron chi connectivity index (χ3n) is 3.30. The molecule has 0 spiro atoms. The fraction of sp³-hybridized carbons (Fsp3) is 0.188. The minimum Gasteiger partial charge on any atom is -0.494 e. The van der Waals surface area contributed by atoms with E-state index in [9.17, 15) is 10.1 Å². The number of aromatic nitrogens is 2. The molecule has 0 radical (unpaired) electrons. The van der Waals surface area contributed by atoms with E-state index in [1.54, 1.807) is 24.4 Å². The Morgan fingerprint density at radius 2 is 1.96 bits per heavy atom. The highest BCUT2D eigenvalue weighted by molar-refractivity contribution is 5.62. The Morgan fingerprint density at radius 1 is 1.17 bits per heavy atom. The summed E-state index contributed by atoms with van der Waals surface area (Å²) in [4.78, 5) is 15.1. The average molecular weight is 312 g/mol. The molecule has 0 aliphatic carbocycles. The van der Waals surface area contributed by atoms with Gasteiger partial charge in [-0.2, -0.15) is 9.38 Å². The van der Waals surface area contributed by atoms with Crippen LogP contribution in [0.1, 0.15) is 6.42 Å². The van der Waals surface area contributed by atoms with E-state index in [1.165, 1.54) is 4.40 Å². The molecule has 0 saturated carbocycles. The summed E-state index contributed by atoms with van der Waals surface area (Å²) >= 11 is 0. The number of imidazole rings is 1. The molecule has 7 nitrogen and oxygen atoms in total. The zero-order valence-electron chi connectivity index (χ0n) is 12.4. The van der Waals surface area contributed by atoms with Crippen LogP contribution in [0.25, 0.3) is 5.65 Å². The van der Waals surface area contributed by atoms with E-state index < -0.39 is 4.92 Å². The number of ether oxygens (including phenoxy) is 1. The molecule has 0 saturated heterocycles. The summed E-state index contributed by atoms with van der Waals surface area (Å²) in [6.07, 6.45) is 2.34. The van der Waals surface area contributed by atoms with Crippen LogP contribution in [-0.4, -0.2) is 27.5 Å². The zero-order chi connectivity index (χ0) is 16.1. The van der Waals surface area contributed by atoms with Crippen molar-refractivity contribution in [2.24, 2.45) is 0 Å². The van der Waals surface area contributed by atoms with Gasteiger partial charge in [0.1, 0.15) is 5.75 Å². The van der Waals surface area contributed by atoms with Gasteiger partial charge < -0.3 is 20.2 Å². The van der Waals surface area contributed by atoms with Gasteiger partial charge in [-0.15, -0.1) is 0 Å². The standard InChI is InChI=1S/C16H16N4O3/c21-20(22)16-15(18-14-9-4-5-11-19(14)16)17-10-6-12-23-13-7-2-1-3-8-13/h1-5,7-9,11,17H,6,10,12H2. The summed E-state index contributed by atoms with van der Waals surface area (Å²) in [6.45, 7) is 1.07. The SMILES string of the molecule is O=[N+]([O-])c1c(NCCCOc2ccccc2)nc2ccccn12. The first-order valence-electron chi connectivity index (χ1n) is 7.29. The molecule has 0 amide bonds. The van der Waals surface area contributed by atoms with Gasteiger partial charge in [-0.1, -0.05) is 24.3 Å². The second-order valence-electron chi connectivity index (χ2n) is 4.91. The van der Waals surface area contributed by atoms with Crippen molar-refractivity contribution in [1.82, 2.24) is 9.38 Å². The van der Waals surface area contributed by atoms with Crippen LogP contribution in [-0.2, 0) is 0 Å². The van der Waals surface area contributed by atoms with Crippen molar-refractivity contribution in [2.45, 2.75) is 6.42 Å². The molecule has 0 aliphatic heterocycles. The summed E-state index contributed by atoms with van der Waals surface area (Å²) in [5.41, 5.74) is 0.544. The molecule has 2 aromatic heterocycles. The number of hydrogen-bond acceptors (Lipinski definition) is 5. The van der Waals surface area contributed by atoms with Crippen molar-refractivity contribution < 1.29 is 9.66 Å². The van der Waals surface area contributed by atoms with Gasteiger partial charge in [0.2, 0.25) is 11.5 Å². The van der Waals surface area contributed by atoms with E-state index in [1.807, 2.05) is 30.3 Å². The van der Waals surface area contributed by atoms with Crippen molar-refractivity contribution >= 4 is 17.3 Å². The van der Waals surface area contributed by atoms with E-state index in [4.69, 9.17) is 4.74 Å².